The van der Waals surface area contributed by atoms with Crippen molar-refractivity contribution in [2.75, 3.05) is 0 Å². The molecule has 1 atom stereocenters. The van der Waals surface area contributed by atoms with Crippen LogP contribution in [-0.4, -0.2) is 27.3 Å². The number of carbonyl (C=O) groups is 1. The van der Waals surface area contributed by atoms with E-state index in [4.69, 9.17) is 5.11 Å². The van der Waals surface area contributed by atoms with Crippen LogP contribution in [0.15, 0.2) is 0 Å². The van der Waals surface area contributed by atoms with Crippen molar-refractivity contribution in [1.29, 1.82) is 0 Å². The highest BCUT2D eigenvalue weighted by molar-refractivity contribution is 5.72. The molecule has 1 rings (SSSR count). The van der Waals surface area contributed by atoms with Gasteiger partial charge in [0.15, 0.2) is 0 Å². The predicted molar refractivity (Wildman–Crippen MR) is 52.0 cm³/mol. The Labute approximate surface area is 82.5 Å². The van der Waals surface area contributed by atoms with Crippen molar-refractivity contribution in [1.82, 2.24) is 15.5 Å². The molecule has 0 aliphatic rings. The van der Waals surface area contributed by atoms with Crippen molar-refractivity contribution < 1.29 is 9.90 Å². The SMILES string of the molecule is Cc1n[nH]c(C)c1CNC(C)C(=O)O. The van der Waals surface area contributed by atoms with Gasteiger partial charge in [0.1, 0.15) is 6.04 Å². The van der Waals surface area contributed by atoms with E-state index in [0.29, 0.717) is 6.54 Å². The molecule has 0 aliphatic heterocycles. The maximum absolute atomic E-state index is 10.5. The predicted octanol–water partition coefficient (Wildman–Crippen LogP) is 0.589. The number of hydrogen-bond acceptors (Lipinski definition) is 3. The van der Waals surface area contributed by atoms with Gasteiger partial charge in [0, 0.05) is 17.8 Å². The maximum Gasteiger partial charge on any atom is 0.320 e. The zero-order chi connectivity index (χ0) is 10.7. The summed E-state index contributed by atoms with van der Waals surface area (Å²) in [5, 5.41) is 18.4. The van der Waals surface area contributed by atoms with Gasteiger partial charge in [-0.2, -0.15) is 5.10 Å². The lowest BCUT2D eigenvalue weighted by Gasteiger charge is -2.08. The first-order valence-corrected chi connectivity index (χ1v) is 4.49. The third kappa shape index (κ3) is 2.32. The largest absolute Gasteiger partial charge is 0.480 e. The van der Waals surface area contributed by atoms with Crippen LogP contribution >= 0.6 is 0 Å². The minimum atomic E-state index is -0.844. The number of H-pyrrole nitrogens is 1. The summed E-state index contributed by atoms with van der Waals surface area (Å²) in [5.74, 6) is -0.844. The highest BCUT2D eigenvalue weighted by Gasteiger charge is 2.12. The number of rotatable bonds is 4. The molecule has 1 aromatic rings. The summed E-state index contributed by atoms with van der Waals surface area (Å²) in [6.45, 7) is 5.96. The molecule has 1 heterocycles. The summed E-state index contributed by atoms with van der Waals surface area (Å²) in [6.07, 6.45) is 0. The Kier molecular flexibility index (Phi) is 3.24. The maximum atomic E-state index is 10.5. The second-order valence-electron chi connectivity index (χ2n) is 3.35. The molecular weight excluding hydrogens is 182 g/mol. The molecule has 0 fully saturated rings. The Bertz CT molecular complexity index is 313. The van der Waals surface area contributed by atoms with Crippen molar-refractivity contribution in [3.8, 4) is 0 Å². The van der Waals surface area contributed by atoms with Crippen LogP contribution in [0.4, 0.5) is 0 Å². The van der Waals surface area contributed by atoms with Crippen LogP contribution in [-0.2, 0) is 11.3 Å². The molecule has 5 heteroatoms. The lowest BCUT2D eigenvalue weighted by molar-refractivity contribution is -0.139. The quantitative estimate of drug-likeness (QED) is 0.660. The van der Waals surface area contributed by atoms with Gasteiger partial charge in [0.2, 0.25) is 0 Å². The molecule has 0 aromatic carbocycles. The normalized spacial score (nSPS) is 12.8. The molecule has 0 aliphatic carbocycles. The molecule has 14 heavy (non-hydrogen) atoms. The Morgan fingerprint density at radius 1 is 1.64 bits per heavy atom. The summed E-state index contributed by atoms with van der Waals surface area (Å²) in [4.78, 5) is 10.5. The molecular formula is C9H15N3O2. The molecule has 0 radical (unpaired) electrons. The van der Waals surface area contributed by atoms with Gasteiger partial charge in [-0.05, 0) is 20.8 Å². The van der Waals surface area contributed by atoms with Gasteiger partial charge in [-0.25, -0.2) is 0 Å². The van der Waals surface area contributed by atoms with E-state index in [0.717, 1.165) is 17.0 Å². The summed E-state index contributed by atoms with van der Waals surface area (Å²) in [5.41, 5.74) is 2.93. The molecule has 0 amide bonds. The fourth-order valence-electron chi connectivity index (χ4n) is 1.18. The van der Waals surface area contributed by atoms with E-state index in [1.165, 1.54) is 0 Å². The van der Waals surface area contributed by atoms with Crippen LogP contribution < -0.4 is 5.32 Å². The number of carboxylic acids is 1. The first-order chi connectivity index (χ1) is 6.52. The number of aliphatic carboxylic acids is 1. The number of aryl methyl sites for hydroxylation is 2. The van der Waals surface area contributed by atoms with Gasteiger partial charge in [-0.15, -0.1) is 0 Å². The second-order valence-corrected chi connectivity index (χ2v) is 3.35. The van der Waals surface area contributed by atoms with Crippen LogP contribution in [0.1, 0.15) is 23.9 Å². The highest BCUT2D eigenvalue weighted by atomic mass is 16.4. The van der Waals surface area contributed by atoms with Crippen LogP contribution in [0, 0.1) is 13.8 Å². The van der Waals surface area contributed by atoms with Crippen molar-refractivity contribution >= 4 is 5.97 Å². The number of hydrogen-bond donors (Lipinski definition) is 3. The molecule has 5 nitrogen and oxygen atoms in total. The van der Waals surface area contributed by atoms with Crippen molar-refractivity contribution in [2.45, 2.75) is 33.4 Å². The van der Waals surface area contributed by atoms with Gasteiger partial charge < -0.3 is 10.4 Å². The average molecular weight is 197 g/mol. The fourth-order valence-corrected chi connectivity index (χ4v) is 1.18. The smallest absolute Gasteiger partial charge is 0.320 e. The van der Waals surface area contributed by atoms with Crippen LogP contribution in [0.5, 0.6) is 0 Å². The average Bonchev–Trinajstić information content (AvgIpc) is 2.43. The topological polar surface area (TPSA) is 78.0 Å². The molecule has 0 bridgehead atoms. The molecule has 0 saturated heterocycles. The van der Waals surface area contributed by atoms with E-state index >= 15 is 0 Å². The molecule has 0 saturated carbocycles. The van der Waals surface area contributed by atoms with Gasteiger partial charge in [0.25, 0.3) is 0 Å². The zero-order valence-corrected chi connectivity index (χ0v) is 8.59. The Hall–Kier alpha value is -1.36. The first kappa shape index (κ1) is 10.7. The number of aromatic amines is 1. The third-order valence-corrected chi connectivity index (χ3v) is 2.24. The lowest BCUT2D eigenvalue weighted by atomic mass is 10.2. The third-order valence-electron chi connectivity index (χ3n) is 2.24. The van der Waals surface area contributed by atoms with E-state index in [1.54, 1.807) is 6.92 Å². The minimum absolute atomic E-state index is 0.529. The molecule has 1 aromatic heterocycles. The highest BCUT2D eigenvalue weighted by Crippen LogP contribution is 2.08. The van der Waals surface area contributed by atoms with Crippen molar-refractivity contribution in [3.05, 3.63) is 17.0 Å². The molecule has 1 unspecified atom stereocenters. The molecule has 3 N–H and O–H groups in total. The summed E-state index contributed by atoms with van der Waals surface area (Å²) < 4.78 is 0. The van der Waals surface area contributed by atoms with E-state index in [9.17, 15) is 4.79 Å². The van der Waals surface area contributed by atoms with Crippen LogP contribution in [0.3, 0.4) is 0 Å². The van der Waals surface area contributed by atoms with Crippen LogP contribution in [0.25, 0.3) is 0 Å². The van der Waals surface area contributed by atoms with E-state index in [1.807, 2.05) is 13.8 Å². The summed E-state index contributed by atoms with van der Waals surface area (Å²) in [6, 6.07) is -0.538. The Morgan fingerprint density at radius 3 is 2.71 bits per heavy atom. The number of aromatic nitrogens is 2. The van der Waals surface area contributed by atoms with Crippen molar-refractivity contribution in [3.63, 3.8) is 0 Å². The Balaban J connectivity index is 2.57. The number of nitrogens with one attached hydrogen (secondary N) is 2. The monoisotopic (exact) mass is 197 g/mol. The Morgan fingerprint density at radius 2 is 2.29 bits per heavy atom. The lowest BCUT2D eigenvalue weighted by Crippen LogP contribution is -2.33. The van der Waals surface area contributed by atoms with E-state index in [-0.39, 0.29) is 0 Å². The number of nitrogens with zero attached hydrogens (tertiary/aromatic N) is 1. The second kappa shape index (κ2) is 4.23. The van der Waals surface area contributed by atoms with Gasteiger partial charge in [0.05, 0.1) is 5.69 Å². The van der Waals surface area contributed by atoms with E-state index in [2.05, 4.69) is 15.5 Å². The zero-order valence-electron chi connectivity index (χ0n) is 8.59. The van der Waals surface area contributed by atoms with E-state index < -0.39 is 12.0 Å². The van der Waals surface area contributed by atoms with Crippen molar-refractivity contribution in [2.24, 2.45) is 0 Å². The fraction of sp³-hybridized carbons (Fsp3) is 0.556. The first-order valence-electron chi connectivity index (χ1n) is 4.49. The standard InChI is InChI=1S/C9H15N3O2/c1-5-8(6(2)12-11-5)4-10-7(3)9(13)14/h7,10H,4H2,1-3H3,(H,11,12)(H,13,14). The molecule has 78 valence electrons. The van der Waals surface area contributed by atoms with Crippen LogP contribution in [0.2, 0.25) is 0 Å². The minimum Gasteiger partial charge on any atom is -0.480 e. The number of carboxylic acid groups (broad SMARTS) is 1. The molecule has 0 spiro atoms. The summed E-state index contributed by atoms with van der Waals surface area (Å²) in [7, 11) is 0. The summed E-state index contributed by atoms with van der Waals surface area (Å²) >= 11 is 0. The van der Waals surface area contributed by atoms with Gasteiger partial charge in [-0.1, -0.05) is 0 Å². The van der Waals surface area contributed by atoms with Gasteiger partial charge >= 0.3 is 5.97 Å². The van der Waals surface area contributed by atoms with Gasteiger partial charge in [-0.3, -0.25) is 9.89 Å².